The second kappa shape index (κ2) is 6.98. The first kappa shape index (κ1) is 13.6. The molecule has 1 rings (SSSR count). The Morgan fingerprint density at radius 1 is 1.41 bits per heavy atom. The van der Waals surface area contributed by atoms with Gasteiger partial charge in [-0.05, 0) is 30.7 Å². The molecule has 1 aromatic rings. The number of anilines is 1. The summed E-state index contributed by atoms with van der Waals surface area (Å²) < 4.78 is 4.88. The molecule has 0 aliphatic carbocycles. The number of carbonyl (C=O) groups is 1. The van der Waals surface area contributed by atoms with Crippen LogP contribution in [0.1, 0.15) is 18.4 Å². The lowest BCUT2D eigenvalue weighted by Gasteiger charge is -2.05. The van der Waals surface area contributed by atoms with E-state index < -0.39 is 0 Å². The van der Waals surface area contributed by atoms with Crippen LogP contribution in [0.15, 0.2) is 24.3 Å². The van der Waals surface area contributed by atoms with Crippen LogP contribution in [0.25, 0.3) is 0 Å². The van der Waals surface area contributed by atoms with Crippen molar-refractivity contribution in [3.8, 4) is 0 Å². The minimum atomic E-state index is -0.0230. The first-order valence-corrected chi connectivity index (χ1v) is 5.73. The van der Waals surface area contributed by atoms with Crippen molar-refractivity contribution < 1.29 is 9.53 Å². The predicted octanol–water partition coefficient (Wildman–Crippen LogP) is 1.69. The summed E-state index contributed by atoms with van der Waals surface area (Å²) in [6.45, 7) is 0.591. The molecule has 5 heteroatoms. The number of rotatable bonds is 6. The van der Waals surface area contributed by atoms with Gasteiger partial charge in [0.25, 0.3) is 0 Å². The highest BCUT2D eigenvalue weighted by Gasteiger charge is 2.02. The fourth-order valence-electron chi connectivity index (χ4n) is 1.32. The quantitative estimate of drug-likeness (QED) is 0.597. The monoisotopic (exact) mass is 252 g/mol. The summed E-state index contributed by atoms with van der Waals surface area (Å²) in [6.07, 6.45) is 1.16. The maximum Gasteiger partial charge on any atom is 0.224 e. The molecule has 0 saturated heterocycles. The smallest absolute Gasteiger partial charge is 0.224 e. The molecule has 0 aliphatic heterocycles. The molecule has 0 saturated carbocycles. The number of carbonyl (C=O) groups excluding carboxylic acids is 1. The molecule has 92 valence electrons. The van der Waals surface area contributed by atoms with E-state index in [1.165, 1.54) is 0 Å². The Morgan fingerprint density at radius 2 is 2.06 bits per heavy atom. The maximum absolute atomic E-state index is 11.5. The molecular formula is C12H16N2O2S. The summed E-state index contributed by atoms with van der Waals surface area (Å²) >= 11 is 4.84. The Bertz CT molecular complexity index is 390. The molecule has 17 heavy (non-hydrogen) atoms. The average molecular weight is 252 g/mol. The van der Waals surface area contributed by atoms with Crippen molar-refractivity contribution in [2.24, 2.45) is 5.73 Å². The number of nitrogens with one attached hydrogen (secondary N) is 1. The third kappa shape index (κ3) is 4.93. The van der Waals surface area contributed by atoms with Gasteiger partial charge in [0.05, 0.1) is 0 Å². The Morgan fingerprint density at radius 3 is 2.59 bits per heavy atom. The number of thiocarbonyl (C=S) groups is 1. The second-order valence-electron chi connectivity index (χ2n) is 3.59. The summed E-state index contributed by atoms with van der Waals surface area (Å²) in [5.74, 6) is -0.0230. The second-order valence-corrected chi connectivity index (χ2v) is 4.03. The van der Waals surface area contributed by atoms with Crippen molar-refractivity contribution in [3.05, 3.63) is 29.8 Å². The summed E-state index contributed by atoms with van der Waals surface area (Å²) in [6, 6.07) is 7.13. The molecule has 0 bridgehead atoms. The minimum absolute atomic E-state index is 0.0230. The third-order valence-electron chi connectivity index (χ3n) is 2.21. The van der Waals surface area contributed by atoms with E-state index in [9.17, 15) is 4.79 Å². The first-order chi connectivity index (χ1) is 8.13. The van der Waals surface area contributed by atoms with E-state index in [0.717, 1.165) is 11.3 Å². The van der Waals surface area contributed by atoms with E-state index in [-0.39, 0.29) is 5.91 Å². The van der Waals surface area contributed by atoms with Crippen LogP contribution in [0.4, 0.5) is 5.69 Å². The van der Waals surface area contributed by atoms with Crippen molar-refractivity contribution in [3.63, 3.8) is 0 Å². The Labute approximate surface area is 106 Å². The van der Waals surface area contributed by atoms with Gasteiger partial charge in [-0.1, -0.05) is 12.2 Å². The van der Waals surface area contributed by atoms with E-state index in [2.05, 4.69) is 5.32 Å². The largest absolute Gasteiger partial charge is 0.389 e. The standard InChI is InChI=1S/C12H16N2O2S/c1-16-8-2-3-11(15)14-10-6-4-9(5-7-10)12(13)17/h4-7H,2-3,8H2,1H3,(H2,13,17)(H,14,15). The van der Waals surface area contributed by atoms with Crippen LogP contribution in [0.2, 0.25) is 0 Å². The van der Waals surface area contributed by atoms with Crippen molar-refractivity contribution in [1.82, 2.24) is 0 Å². The fraction of sp³-hybridized carbons (Fsp3) is 0.333. The van der Waals surface area contributed by atoms with Crippen molar-refractivity contribution in [1.29, 1.82) is 0 Å². The zero-order chi connectivity index (χ0) is 12.7. The summed E-state index contributed by atoms with van der Waals surface area (Å²) in [7, 11) is 1.62. The van der Waals surface area contributed by atoms with E-state index in [0.29, 0.717) is 24.4 Å². The fourth-order valence-corrected chi connectivity index (χ4v) is 1.45. The predicted molar refractivity (Wildman–Crippen MR) is 72.1 cm³/mol. The topological polar surface area (TPSA) is 64.3 Å². The first-order valence-electron chi connectivity index (χ1n) is 5.32. The van der Waals surface area contributed by atoms with Gasteiger partial charge < -0.3 is 15.8 Å². The summed E-state index contributed by atoms with van der Waals surface area (Å²) in [5, 5.41) is 2.79. The Hall–Kier alpha value is -1.46. The number of nitrogens with two attached hydrogens (primary N) is 1. The summed E-state index contributed by atoms with van der Waals surface area (Å²) in [4.78, 5) is 11.8. The third-order valence-corrected chi connectivity index (χ3v) is 2.44. The number of ether oxygens (including phenoxy) is 1. The van der Waals surface area contributed by atoms with Crippen LogP contribution < -0.4 is 11.1 Å². The van der Waals surface area contributed by atoms with E-state index >= 15 is 0 Å². The zero-order valence-corrected chi connectivity index (χ0v) is 10.5. The normalized spacial score (nSPS) is 9.94. The Balaban J connectivity index is 2.46. The molecule has 0 fully saturated rings. The molecule has 0 spiro atoms. The van der Waals surface area contributed by atoms with Crippen LogP contribution >= 0.6 is 12.2 Å². The number of hydrogen-bond acceptors (Lipinski definition) is 3. The minimum Gasteiger partial charge on any atom is -0.389 e. The lowest BCUT2D eigenvalue weighted by atomic mass is 10.2. The van der Waals surface area contributed by atoms with Crippen LogP contribution in [-0.2, 0) is 9.53 Å². The molecular weight excluding hydrogens is 236 g/mol. The summed E-state index contributed by atoms with van der Waals surface area (Å²) in [5.41, 5.74) is 7.01. The highest BCUT2D eigenvalue weighted by molar-refractivity contribution is 7.80. The molecule has 0 atom stereocenters. The van der Waals surface area contributed by atoms with Gasteiger partial charge in [-0.3, -0.25) is 4.79 Å². The number of amides is 1. The van der Waals surface area contributed by atoms with Crippen molar-refractivity contribution >= 4 is 28.8 Å². The highest BCUT2D eigenvalue weighted by atomic mass is 32.1. The van der Waals surface area contributed by atoms with Gasteiger partial charge in [-0.15, -0.1) is 0 Å². The number of hydrogen-bond donors (Lipinski definition) is 2. The van der Waals surface area contributed by atoms with Gasteiger partial charge in [0, 0.05) is 31.4 Å². The zero-order valence-electron chi connectivity index (χ0n) is 9.73. The molecule has 1 aromatic carbocycles. The molecule has 1 amide bonds. The lowest BCUT2D eigenvalue weighted by molar-refractivity contribution is -0.116. The van der Waals surface area contributed by atoms with Gasteiger partial charge in [0.15, 0.2) is 0 Å². The van der Waals surface area contributed by atoms with Gasteiger partial charge in [0.2, 0.25) is 5.91 Å². The average Bonchev–Trinajstić information content (AvgIpc) is 2.30. The molecule has 4 nitrogen and oxygen atoms in total. The molecule has 0 radical (unpaired) electrons. The van der Waals surface area contributed by atoms with Gasteiger partial charge >= 0.3 is 0 Å². The molecule has 0 heterocycles. The lowest BCUT2D eigenvalue weighted by Crippen LogP contribution is -2.13. The van der Waals surface area contributed by atoms with Gasteiger partial charge in [-0.2, -0.15) is 0 Å². The van der Waals surface area contributed by atoms with Crippen LogP contribution in [0.5, 0.6) is 0 Å². The number of methoxy groups -OCH3 is 1. The van der Waals surface area contributed by atoms with Crippen LogP contribution in [-0.4, -0.2) is 24.6 Å². The van der Waals surface area contributed by atoms with Gasteiger partial charge in [-0.25, -0.2) is 0 Å². The molecule has 3 N–H and O–H groups in total. The Kier molecular flexibility index (Phi) is 5.59. The van der Waals surface area contributed by atoms with E-state index in [4.69, 9.17) is 22.7 Å². The van der Waals surface area contributed by atoms with Crippen molar-refractivity contribution in [2.45, 2.75) is 12.8 Å². The SMILES string of the molecule is COCCCC(=O)Nc1ccc(C(N)=S)cc1. The van der Waals surface area contributed by atoms with Crippen LogP contribution in [0.3, 0.4) is 0 Å². The van der Waals surface area contributed by atoms with E-state index in [1.54, 1.807) is 31.4 Å². The van der Waals surface area contributed by atoms with Gasteiger partial charge in [0.1, 0.15) is 4.99 Å². The molecule has 0 aliphatic rings. The van der Waals surface area contributed by atoms with E-state index in [1.807, 2.05) is 0 Å². The maximum atomic E-state index is 11.5. The molecule has 0 aromatic heterocycles. The highest BCUT2D eigenvalue weighted by Crippen LogP contribution is 2.10. The molecule has 0 unspecified atom stereocenters. The number of benzene rings is 1. The van der Waals surface area contributed by atoms with Crippen molar-refractivity contribution in [2.75, 3.05) is 19.0 Å². The van der Waals surface area contributed by atoms with Crippen LogP contribution in [0, 0.1) is 0 Å².